The largest absolute Gasteiger partial charge is 0.396 e. The van der Waals surface area contributed by atoms with Gasteiger partial charge in [-0.05, 0) is 38.0 Å². The van der Waals surface area contributed by atoms with Crippen molar-refractivity contribution in [2.24, 2.45) is 0 Å². The summed E-state index contributed by atoms with van der Waals surface area (Å²) in [6.07, 6.45) is 0.712. The zero-order valence-electron chi connectivity index (χ0n) is 11.3. The molecule has 0 bridgehead atoms. The van der Waals surface area contributed by atoms with Crippen LogP contribution in [0.25, 0.3) is 0 Å². The molecule has 1 aromatic carbocycles. The molecule has 0 spiro atoms. The fraction of sp³-hybridized carbons (Fsp3) is 0.500. The van der Waals surface area contributed by atoms with Gasteiger partial charge in [0.25, 0.3) is 5.91 Å². The van der Waals surface area contributed by atoms with Crippen molar-refractivity contribution in [2.45, 2.75) is 32.4 Å². The molecule has 0 heterocycles. The van der Waals surface area contributed by atoms with Gasteiger partial charge in [-0.3, -0.25) is 4.79 Å². The minimum Gasteiger partial charge on any atom is -0.396 e. The second-order valence-electron chi connectivity index (χ2n) is 4.99. The quantitative estimate of drug-likeness (QED) is 0.713. The molecular formula is C14H22N2O2. The number of amides is 1. The van der Waals surface area contributed by atoms with E-state index in [9.17, 15) is 4.79 Å². The molecule has 0 aliphatic rings. The van der Waals surface area contributed by atoms with Gasteiger partial charge < -0.3 is 15.7 Å². The molecule has 0 saturated heterocycles. The normalized spacial score (nSPS) is 11.3. The highest BCUT2D eigenvalue weighted by Gasteiger charge is 2.15. The predicted octanol–water partition coefficient (Wildman–Crippen LogP) is 1.30. The first-order chi connectivity index (χ1) is 8.48. The number of nitrogens with one attached hydrogen (secondary N) is 2. The summed E-state index contributed by atoms with van der Waals surface area (Å²) in [6.45, 7) is 5.01. The molecule has 0 atom stereocenters. The molecule has 0 aliphatic carbocycles. The Morgan fingerprint density at radius 1 is 1.28 bits per heavy atom. The average molecular weight is 250 g/mol. The van der Waals surface area contributed by atoms with Crippen molar-refractivity contribution >= 4 is 5.91 Å². The van der Waals surface area contributed by atoms with Gasteiger partial charge in [-0.2, -0.15) is 0 Å². The monoisotopic (exact) mass is 250 g/mol. The van der Waals surface area contributed by atoms with Crippen LogP contribution in [0.4, 0.5) is 0 Å². The van der Waals surface area contributed by atoms with E-state index in [4.69, 9.17) is 5.11 Å². The molecule has 1 amide bonds. The second kappa shape index (κ2) is 6.52. The summed E-state index contributed by atoms with van der Waals surface area (Å²) >= 11 is 0. The summed E-state index contributed by atoms with van der Waals surface area (Å²) in [4.78, 5) is 11.4. The summed E-state index contributed by atoms with van der Waals surface area (Å²) in [5.41, 5.74) is 1.69. The van der Waals surface area contributed by atoms with E-state index in [1.165, 1.54) is 0 Å². The molecule has 4 heteroatoms. The van der Waals surface area contributed by atoms with Gasteiger partial charge in [0.05, 0.1) is 0 Å². The van der Waals surface area contributed by atoms with Gasteiger partial charge in [0, 0.05) is 31.3 Å². The third-order valence-corrected chi connectivity index (χ3v) is 2.95. The Kier molecular flexibility index (Phi) is 5.31. The summed E-state index contributed by atoms with van der Waals surface area (Å²) in [6, 6.07) is 7.50. The van der Waals surface area contributed by atoms with Crippen LogP contribution in [0.3, 0.4) is 0 Å². The van der Waals surface area contributed by atoms with Gasteiger partial charge in [0.1, 0.15) is 0 Å². The molecule has 1 rings (SSSR count). The summed E-state index contributed by atoms with van der Waals surface area (Å²) in [5.74, 6) is -0.0740. The Morgan fingerprint density at radius 3 is 2.39 bits per heavy atom. The third kappa shape index (κ3) is 4.47. The van der Waals surface area contributed by atoms with Crippen LogP contribution >= 0.6 is 0 Å². The molecule has 100 valence electrons. The summed E-state index contributed by atoms with van der Waals surface area (Å²) in [5, 5.41) is 14.9. The first-order valence-corrected chi connectivity index (χ1v) is 6.15. The van der Waals surface area contributed by atoms with Crippen LogP contribution in [0.5, 0.6) is 0 Å². The van der Waals surface area contributed by atoms with E-state index in [1.807, 2.05) is 24.3 Å². The summed E-state index contributed by atoms with van der Waals surface area (Å²) in [7, 11) is 1.62. The maximum Gasteiger partial charge on any atom is 0.251 e. The smallest absolute Gasteiger partial charge is 0.251 e. The SMILES string of the molecule is CNC(=O)c1ccc(CNC(C)(C)CCO)cc1. The number of benzene rings is 1. The lowest BCUT2D eigenvalue weighted by molar-refractivity contribution is 0.0963. The summed E-state index contributed by atoms with van der Waals surface area (Å²) < 4.78 is 0. The van der Waals surface area contributed by atoms with E-state index in [0.29, 0.717) is 12.0 Å². The van der Waals surface area contributed by atoms with E-state index in [2.05, 4.69) is 24.5 Å². The van der Waals surface area contributed by atoms with E-state index in [0.717, 1.165) is 12.1 Å². The van der Waals surface area contributed by atoms with Crippen LogP contribution < -0.4 is 10.6 Å². The Hall–Kier alpha value is -1.39. The van der Waals surface area contributed by atoms with Gasteiger partial charge in [0.2, 0.25) is 0 Å². The molecule has 18 heavy (non-hydrogen) atoms. The number of carbonyl (C=O) groups is 1. The van der Waals surface area contributed by atoms with Crippen molar-refractivity contribution in [2.75, 3.05) is 13.7 Å². The van der Waals surface area contributed by atoms with Gasteiger partial charge in [0.15, 0.2) is 0 Å². The van der Waals surface area contributed by atoms with Crippen LogP contribution in [0, 0.1) is 0 Å². The van der Waals surface area contributed by atoms with Gasteiger partial charge in [-0.25, -0.2) is 0 Å². The molecule has 0 aliphatic heterocycles. The molecule has 0 unspecified atom stereocenters. The molecule has 0 aromatic heterocycles. The number of aliphatic hydroxyl groups excluding tert-OH is 1. The number of aliphatic hydroxyl groups is 1. The second-order valence-corrected chi connectivity index (χ2v) is 4.99. The average Bonchev–Trinajstić information content (AvgIpc) is 2.36. The van der Waals surface area contributed by atoms with E-state index < -0.39 is 0 Å². The van der Waals surface area contributed by atoms with Crippen molar-refractivity contribution in [3.63, 3.8) is 0 Å². The van der Waals surface area contributed by atoms with E-state index >= 15 is 0 Å². The maximum absolute atomic E-state index is 11.4. The Labute approximate surface area is 108 Å². The van der Waals surface area contributed by atoms with Crippen molar-refractivity contribution < 1.29 is 9.90 Å². The molecule has 0 radical (unpaired) electrons. The Balaban J connectivity index is 2.56. The number of hydrogen-bond acceptors (Lipinski definition) is 3. The van der Waals surface area contributed by atoms with Crippen LogP contribution in [-0.2, 0) is 6.54 Å². The first-order valence-electron chi connectivity index (χ1n) is 6.15. The molecule has 0 fully saturated rings. The molecule has 3 N–H and O–H groups in total. The van der Waals surface area contributed by atoms with Crippen LogP contribution in [0.1, 0.15) is 36.2 Å². The van der Waals surface area contributed by atoms with Crippen molar-refractivity contribution in [3.05, 3.63) is 35.4 Å². The standard InChI is InChI=1S/C14H22N2O2/c1-14(2,8-9-17)16-10-11-4-6-12(7-5-11)13(18)15-3/h4-7,16-17H,8-10H2,1-3H3,(H,15,18). The predicted molar refractivity (Wildman–Crippen MR) is 72.5 cm³/mol. The number of carbonyl (C=O) groups excluding carboxylic acids is 1. The fourth-order valence-corrected chi connectivity index (χ4v) is 1.63. The van der Waals surface area contributed by atoms with Gasteiger partial charge >= 0.3 is 0 Å². The molecule has 0 saturated carbocycles. The van der Waals surface area contributed by atoms with Crippen LogP contribution in [0.15, 0.2) is 24.3 Å². The fourth-order valence-electron chi connectivity index (χ4n) is 1.63. The number of rotatable bonds is 6. The lowest BCUT2D eigenvalue weighted by atomic mass is 10.0. The lowest BCUT2D eigenvalue weighted by Gasteiger charge is -2.25. The Bertz CT molecular complexity index is 385. The van der Waals surface area contributed by atoms with Crippen LogP contribution in [0.2, 0.25) is 0 Å². The van der Waals surface area contributed by atoms with E-state index in [1.54, 1.807) is 7.05 Å². The minimum absolute atomic E-state index is 0.0740. The highest BCUT2D eigenvalue weighted by Crippen LogP contribution is 2.10. The van der Waals surface area contributed by atoms with Gasteiger partial charge in [-0.15, -0.1) is 0 Å². The molecular weight excluding hydrogens is 228 g/mol. The highest BCUT2D eigenvalue weighted by molar-refractivity contribution is 5.93. The Morgan fingerprint density at radius 2 is 1.89 bits per heavy atom. The zero-order chi connectivity index (χ0) is 13.6. The lowest BCUT2D eigenvalue weighted by Crippen LogP contribution is -2.39. The van der Waals surface area contributed by atoms with Crippen molar-refractivity contribution in [3.8, 4) is 0 Å². The zero-order valence-corrected chi connectivity index (χ0v) is 11.3. The van der Waals surface area contributed by atoms with Crippen molar-refractivity contribution in [1.82, 2.24) is 10.6 Å². The maximum atomic E-state index is 11.4. The number of hydrogen-bond donors (Lipinski definition) is 3. The topological polar surface area (TPSA) is 61.4 Å². The van der Waals surface area contributed by atoms with Gasteiger partial charge in [-0.1, -0.05) is 12.1 Å². The van der Waals surface area contributed by atoms with Crippen molar-refractivity contribution in [1.29, 1.82) is 0 Å². The highest BCUT2D eigenvalue weighted by atomic mass is 16.3. The molecule has 1 aromatic rings. The third-order valence-electron chi connectivity index (χ3n) is 2.95. The minimum atomic E-state index is -0.0891. The van der Waals surface area contributed by atoms with E-state index in [-0.39, 0.29) is 18.1 Å². The van der Waals surface area contributed by atoms with Crippen LogP contribution in [-0.4, -0.2) is 30.2 Å². The molecule has 4 nitrogen and oxygen atoms in total. The first kappa shape index (κ1) is 14.7.